The molecule has 0 spiro atoms. The smallest absolute Gasteiger partial charge is 0.276 e. The molecule has 0 aliphatic heterocycles. The lowest BCUT2D eigenvalue weighted by molar-refractivity contribution is -0.0265. The maximum Gasteiger partial charge on any atom is 0.276 e. The van der Waals surface area contributed by atoms with Crippen LogP contribution in [0.2, 0.25) is 0 Å². The summed E-state index contributed by atoms with van der Waals surface area (Å²) in [6.07, 6.45) is -0.496. The molecule has 0 saturated heterocycles. The average molecular weight is 178 g/mol. The van der Waals surface area contributed by atoms with Gasteiger partial charge in [0, 0.05) is 18.6 Å². The third-order valence-electron chi connectivity index (χ3n) is 1.37. The molecule has 0 atom stereocenters. The summed E-state index contributed by atoms with van der Waals surface area (Å²) in [6.45, 7) is -0.483. The van der Waals surface area contributed by atoms with Gasteiger partial charge < -0.3 is 5.11 Å². The van der Waals surface area contributed by atoms with Gasteiger partial charge >= 0.3 is 0 Å². The van der Waals surface area contributed by atoms with Gasteiger partial charge in [0.1, 0.15) is 0 Å². The zero-order valence-electron chi connectivity index (χ0n) is 5.76. The van der Waals surface area contributed by atoms with E-state index in [-0.39, 0.29) is 5.56 Å². The molecule has 1 nitrogen and oxygen atoms in total. The highest BCUT2D eigenvalue weighted by Gasteiger charge is 2.30. The number of aliphatic hydroxyl groups is 1. The number of alkyl halides is 2. The molecule has 0 aliphatic carbocycles. The fraction of sp³-hybridized carbons (Fsp3) is 0.429. The van der Waals surface area contributed by atoms with E-state index in [2.05, 4.69) is 0 Å². The molecule has 0 amide bonds. The van der Waals surface area contributed by atoms with E-state index in [0.29, 0.717) is 0 Å². The van der Waals surface area contributed by atoms with Crippen molar-refractivity contribution in [3.8, 4) is 0 Å². The molecule has 0 aromatic carbocycles. The van der Waals surface area contributed by atoms with Crippen molar-refractivity contribution in [2.24, 2.45) is 0 Å². The molecule has 11 heavy (non-hydrogen) atoms. The minimum Gasteiger partial charge on any atom is -0.396 e. The Morgan fingerprint density at radius 1 is 1.55 bits per heavy atom. The van der Waals surface area contributed by atoms with E-state index in [1.165, 1.54) is 22.8 Å². The van der Waals surface area contributed by atoms with Crippen LogP contribution in [0.25, 0.3) is 0 Å². The number of hydrogen-bond acceptors (Lipinski definition) is 2. The lowest BCUT2D eigenvalue weighted by Gasteiger charge is -2.12. The van der Waals surface area contributed by atoms with Crippen LogP contribution in [0.15, 0.2) is 16.8 Å². The first kappa shape index (κ1) is 8.62. The van der Waals surface area contributed by atoms with Gasteiger partial charge in [-0.15, -0.1) is 0 Å². The fourth-order valence-electron chi connectivity index (χ4n) is 0.757. The molecule has 1 N–H and O–H groups in total. The molecule has 0 fully saturated rings. The monoisotopic (exact) mass is 178 g/mol. The maximum absolute atomic E-state index is 12.8. The van der Waals surface area contributed by atoms with E-state index in [4.69, 9.17) is 5.11 Å². The predicted molar refractivity (Wildman–Crippen MR) is 39.9 cm³/mol. The van der Waals surface area contributed by atoms with Crippen molar-refractivity contribution in [3.63, 3.8) is 0 Å². The first-order valence-corrected chi connectivity index (χ1v) is 4.12. The molecule has 0 saturated carbocycles. The predicted octanol–water partition coefficient (Wildman–Crippen LogP) is 2.22. The van der Waals surface area contributed by atoms with Gasteiger partial charge in [0.15, 0.2) is 0 Å². The van der Waals surface area contributed by atoms with E-state index in [0.717, 1.165) is 0 Å². The van der Waals surface area contributed by atoms with Crippen LogP contribution in [0.1, 0.15) is 12.0 Å². The molecule has 0 radical (unpaired) electrons. The van der Waals surface area contributed by atoms with Crippen LogP contribution in [0, 0.1) is 0 Å². The van der Waals surface area contributed by atoms with Gasteiger partial charge in [-0.2, -0.15) is 11.3 Å². The Labute approximate surface area is 67.3 Å². The van der Waals surface area contributed by atoms with E-state index in [9.17, 15) is 8.78 Å². The van der Waals surface area contributed by atoms with Crippen molar-refractivity contribution in [2.45, 2.75) is 12.3 Å². The van der Waals surface area contributed by atoms with Gasteiger partial charge in [0.25, 0.3) is 5.92 Å². The zero-order chi connectivity index (χ0) is 8.32. The molecule has 0 aliphatic rings. The fourth-order valence-corrected chi connectivity index (χ4v) is 1.46. The number of aliphatic hydroxyl groups excluding tert-OH is 1. The Bertz CT molecular complexity index is 208. The van der Waals surface area contributed by atoms with Crippen LogP contribution < -0.4 is 0 Å². The molecule has 0 bridgehead atoms. The highest BCUT2D eigenvalue weighted by atomic mass is 32.1. The molecule has 4 heteroatoms. The number of thiophene rings is 1. The lowest BCUT2D eigenvalue weighted by atomic mass is 10.1. The van der Waals surface area contributed by atoms with E-state index in [1.54, 1.807) is 5.38 Å². The van der Waals surface area contributed by atoms with Crippen molar-refractivity contribution < 1.29 is 13.9 Å². The number of hydrogen-bond donors (Lipinski definition) is 1. The lowest BCUT2D eigenvalue weighted by Crippen LogP contribution is -2.13. The second-order valence-corrected chi connectivity index (χ2v) is 2.97. The summed E-state index contributed by atoms with van der Waals surface area (Å²) in [5, 5.41) is 11.3. The summed E-state index contributed by atoms with van der Waals surface area (Å²) < 4.78 is 25.7. The number of halogens is 2. The van der Waals surface area contributed by atoms with Crippen LogP contribution in [0.3, 0.4) is 0 Å². The summed E-state index contributed by atoms with van der Waals surface area (Å²) in [5.74, 6) is -2.87. The standard InChI is InChI=1S/C7H8F2OS/c8-7(9,2-3-10)6-1-4-11-5-6/h1,4-5,10H,2-3H2. The van der Waals surface area contributed by atoms with Crippen molar-refractivity contribution >= 4 is 11.3 Å². The topological polar surface area (TPSA) is 20.2 Å². The molecule has 1 rings (SSSR count). The second kappa shape index (κ2) is 3.28. The Balaban J connectivity index is 2.73. The van der Waals surface area contributed by atoms with Gasteiger partial charge in [-0.3, -0.25) is 0 Å². The molecule has 1 aromatic heterocycles. The van der Waals surface area contributed by atoms with Crippen LogP contribution >= 0.6 is 11.3 Å². The molecule has 1 aromatic rings. The maximum atomic E-state index is 12.8. The largest absolute Gasteiger partial charge is 0.396 e. The van der Waals surface area contributed by atoms with E-state index in [1.807, 2.05) is 0 Å². The van der Waals surface area contributed by atoms with Gasteiger partial charge in [0.2, 0.25) is 0 Å². The van der Waals surface area contributed by atoms with E-state index < -0.39 is 19.0 Å². The highest BCUT2D eigenvalue weighted by molar-refractivity contribution is 7.08. The van der Waals surface area contributed by atoms with Gasteiger partial charge in [-0.05, 0) is 16.8 Å². The van der Waals surface area contributed by atoms with Gasteiger partial charge in [0.05, 0.1) is 0 Å². The zero-order valence-corrected chi connectivity index (χ0v) is 6.57. The van der Waals surface area contributed by atoms with Crippen LogP contribution in [0.4, 0.5) is 8.78 Å². The van der Waals surface area contributed by atoms with Crippen molar-refractivity contribution in [1.82, 2.24) is 0 Å². The molecular weight excluding hydrogens is 170 g/mol. The third-order valence-corrected chi connectivity index (χ3v) is 2.05. The SMILES string of the molecule is OCCC(F)(F)c1ccsc1. The highest BCUT2D eigenvalue weighted by Crippen LogP contribution is 2.32. The Kier molecular flexibility index (Phi) is 2.57. The van der Waals surface area contributed by atoms with Crippen LogP contribution in [-0.4, -0.2) is 11.7 Å². The van der Waals surface area contributed by atoms with Crippen LogP contribution in [0.5, 0.6) is 0 Å². The average Bonchev–Trinajstić information content (AvgIpc) is 2.37. The minimum absolute atomic E-state index is 0.00319. The van der Waals surface area contributed by atoms with Crippen LogP contribution in [-0.2, 0) is 5.92 Å². The minimum atomic E-state index is -2.87. The summed E-state index contributed by atoms with van der Waals surface area (Å²) in [7, 11) is 0. The first-order chi connectivity index (χ1) is 5.17. The Morgan fingerprint density at radius 3 is 2.73 bits per heavy atom. The van der Waals surface area contributed by atoms with Crippen molar-refractivity contribution in [1.29, 1.82) is 0 Å². The normalized spacial score (nSPS) is 11.9. The summed E-state index contributed by atoms with van der Waals surface area (Å²) >= 11 is 1.23. The molecule has 62 valence electrons. The van der Waals surface area contributed by atoms with Gasteiger partial charge in [-0.25, -0.2) is 8.78 Å². The third kappa shape index (κ3) is 1.97. The quantitative estimate of drug-likeness (QED) is 0.752. The second-order valence-electron chi connectivity index (χ2n) is 2.19. The van der Waals surface area contributed by atoms with Crippen molar-refractivity contribution in [2.75, 3.05) is 6.61 Å². The van der Waals surface area contributed by atoms with Gasteiger partial charge in [-0.1, -0.05) is 0 Å². The Hall–Kier alpha value is -0.480. The molecule has 0 unspecified atom stereocenters. The number of rotatable bonds is 3. The summed E-state index contributed by atoms with van der Waals surface area (Å²) in [6, 6.07) is 1.38. The first-order valence-electron chi connectivity index (χ1n) is 3.18. The summed E-state index contributed by atoms with van der Waals surface area (Å²) in [4.78, 5) is 0. The Morgan fingerprint density at radius 2 is 2.27 bits per heavy atom. The summed E-state index contributed by atoms with van der Waals surface area (Å²) in [5.41, 5.74) is -0.00319. The van der Waals surface area contributed by atoms with Crippen molar-refractivity contribution in [3.05, 3.63) is 22.4 Å². The molecular formula is C7H8F2OS. The van der Waals surface area contributed by atoms with E-state index >= 15 is 0 Å². The molecule has 1 heterocycles.